The highest BCUT2D eigenvalue weighted by atomic mass is 16.4. The molecule has 0 aromatic heterocycles. The van der Waals surface area contributed by atoms with Crippen LogP contribution >= 0.6 is 0 Å². The van der Waals surface area contributed by atoms with Crippen molar-refractivity contribution in [3.63, 3.8) is 0 Å². The molecule has 0 aromatic carbocycles. The van der Waals surface area contributed by atoms with Gasteiger partial charge >= 0.3 is 5.97 Å². The van der Waals surface area contributed by atoms with E-state index in [-0.39, 0.29) is 23.2 Å². The largest absolute Gasteiger partial charge is 0.481 e. The van der Waals surface area contributed by atoms with Gasteiger partial charge in [0, 0.05) is 0 Å². The zero-order chi connectivity index (χ0) is 17.9. The van der Waals surface area contributed by atoms with Gasteiger partial charge in [0.05, 0.1) is 11.5 Å². The van der Waals surface area contributed by atoms with Gasteiger partial charge in [-0.25, -0.2) is 0 Å². The second-order valence-corrected chi connectivity index (χ2v) is 9.24. The van der Waals surface area contributed by atoms with Crippen LogP contribution < -0.4 is 0 Å². The second kappa shape index (κ2) is 5.57. The number of aliphatic carboxylic acids is 1. The minimum atomic E-state index is -1.15. The number of fused-ring (bicyclic) bond motifs is 3. The second-order valence-electron chi connectivity index (χ2n) is 9.24. The van der Waals surface area contributed by atoms with Crippen molar-refractivity contribution < 1.29 is 20.1 Å². The van der Waals surface area contributed by atoms with Gasteiger partial charge in [-0.3, -0.25) is 4.79 Å². The molecule has 0 unspecified atom stereocenters. The number of aliphatic hydroxyl groups is 2. The number of carboxylic acid groups (broad SMARTS) is 1. The molecule has 3 rings (SSSR count). The lowest BCUT2D eigenvalue weighted by molar-refractivity contribution is -0.167. The van der Waals surface area contributed by atoms with Gasteiger partial charge < -0.3 is 15.3 Å². The third-order valence-electron chi connectivity index (χ3n) is 7.76. The van der Waals surface area contributed by atoms with E-state index in [1.165, 1.54) is 5.57 Å². The topological polar surface area (TPSA) is 77.8 Å². The molecule has 0 spiro atoms. The van der Waals surface area contributed by atoms with E-state index in [4.69, 9.17) is 0 Å². The highest BCUT2D eigenvalue weighted by molar-refractivity contribution is 5.75. The monoisotopic (exact) mass is 336 g/mol. The average Bonchev–Trinajstić information content (AvgIpc) is 2.48. The van der Waals surface area contributed by atoms with Gasteiger partial charge in [-0.2, -0.15) is 0 Å². The number of rotatable bonds is 2. The van der Waals surface area contributed by atoms with Crippen molar-refractivity contribution in [3.05, 3.63) is 11.6 Å². The Morgan fingerprint density at radius 1 is 1.29 bits per heavy atom. The molecule has 6 atom stereocenters. The normalized spacial score (nSPS) is 48.5. The number of carboxylic acids is 1. The van der Waals surface area contributed by atoms with E-state index in [0.29, 0.717) is 6.42 Å². The smallest absolute Gasteiger partial charge is 0.309 e. The lowest BCUT2D eigenvalue weighted by Gasteiger charge is -2.59. The van der Waals surface area contributed by atoms with Crippen LogP contribution in [0.1, 0.15) is 66.2 Å². The van der Waals surface area contributed by atoms with Crippen LogP contribution in [-0.2, 0) is 4.79 Å². The molecular formula is C20H32O4. The molecule has 3 N–H and O–H groups in total. The van der Waals surface area contributed by atoms with Gasteiger partial charge in [0.25, 0.3) is 0 Å². The molecule has 0 radical (unpaired) electrons. The van der Waals surface area contributed by atoms with Crippen LogP contribution in [0.5, 0.6) is 0 Å². The van der Waals surface area contributed by atoms with E-state index in [2.05, 4.69) is 6.92 Å². The van der Waals surface area contributed by atoms with Crippen molar-refractivity contribution in [2.45, 2.75) is 77.9 Å². The number of carbonyl (C=O) groups is 1. The standard InChI is InChI=1S/C20H32O4/c1-12(2)20(24)11-13-6-7-15-18(3,14(13)10-16(20)21)8-5-9-19(15,4)17(22)23/h11-12,14-16,21,24H,5-10H2,1-4H3,(H,22,23)/t14-,15+,16-,18+,19+,20+/m0/s1. The third-order valence-corrected chi connectivity index (χ3v) is 7.76. The van der Waals surface area contributed by atoms with Crippen LogP contribution in [0.4, 0.5) is 0 Å². The van der Waals surface area contributed by atoms with Gasteiger partial charge in [0.15, 0.2) is 0 Å². The highest BCUT2D eigenvalue weighted by Crippen LogP contribution is 2.63. The summed E-state index contributed by atoms with van der Waals surface area (Å²) < 4.78 is 0. The van der Waals surface area contributed by atoms with Crippen molar-refractivity contribution in [2.75, 3.05) is 0 Å². The fourth-order valence-electron chi connectivity index (χ4n) is 6.09. The molecule has 0 aliphatic heterocycles. The molecule has 0 amide bonds. The molecule has 4 heteroatoms. The summed E-state index contributed by atoms with van der Waals surface area (Å²) in [6.07, 6.45) is 6.07. The Morgan fingerprint density at radius 3 is 2.54 bits per heavy atom. The van der Waals surface area contributed by atoms with Crippen LogP contribution in [0.15, 0.2) is 11.6 Å². The lowest BCUT2D eigenvalue weighted by Crippen LogP contribution is -2.58. The highest BCUT2D eigenvalue weighted by Gasteiger charge is 2.59. The summed E-state index contributed by atoms with van der Waals surface area (Å²) in [5, 5.41) is 31.4. The summed E-state index contributed by atoms with van der Waals surface area (Å²) in [5.41, 5.74) is -0.686. The fraction of sp³-hybridized carbons (Fsp3) is 0.850. The van der Waals surface area contributed by atoms with E-state index in [1.807, 2.05) is 26.8 Å². The van der Waals surface area contributed by atoms with E-state index in [1.54, 1.807) is 0 Å². The molecule has 0 aromatic rings. The van der Waals surface area contributed by atoms with E-state index < -0.39 is 23.1 Å². The minimum absolute atomic E-state index is 0.0397. The zero-order valence-electron chi connectivity index (χ0n) is 15.4. The maximum Gasteiger partial charge on any atom is 0.309 e. The minimum Gasteiger partial charge on any atom is -0.481 e. The fourth-order valence-corrected chi connectivity index (χ4v) is 6.09. The summed E-state index contributed by atoms with van der Waals surface area (Å²) in [6.45, 7) is 8.02. The van der Waals surface area contributed by atoms with E-state index in [9.17, 15) is 20.1 Å². The Balaban J connectivity index is 2.01. The number of allylic oxidation sites excluding steroid dienone is 1. The Labute approximate surface area is 145 Å². The summed E-state index contributed by atoms with van der Waals surface area (Å²) in [6, 6.07) is 0. The van der Waals surface area contributed by atoms with Crippen molar-refractivity contribution in [1.29, 1.82) is 0 Å². The van der Waals surface area contributed by atoms with E-state index >= 15 is 0 Å². The molecule has 2 fully saturated rings. The van der Waals surface area contributed by atoms with Crippen molar-refractivity contribution in [3.8, 4) is 0 Å². The van der Waals surface area contributed by atoms with Crippen LogP contribution in [-0.4, -0.2) is 33.0 Å². The van der Waals surface area contributed by atoms with Crippen LogP contribution in [0, 0.1) is 28.6 Å². The predicted molar refractivity (Wildman–Crippen MR) is 92.4 cm³/mol. The maximum atomic E-state index is 12.0. The molecule has 0 saturated heterocycles. The molecule has 136 valence electrons. The third kappa shape index (κ3) is 2.29. The SMILES string of the molecule is CC(C)[C@]1(O)C=C2CC[C@@H]3[C@](C)(CCC[C@@]3(C)C(=O)O)[C@H]2C[C@@H]1O. The van der Waals surface area contributed by atoms with Crippen molar-refractivity contribution >= 4 is 5.97 Å². The Bertz CT molecular complexity index is 568. The Hall–Kier alpha value is -0.870. The number of hydrogen-bond donors (Lipinski definition) is 3. The summed E-state index contributed by atoms with van der Waals surface area (Å²) in [4.78, 5) is 12.0. The molecule has 0 heterocycles. The average molecular weight is 336 g/mol. The first-order valence-corrected chi connectivity index (χ1v) is 9.41. The first-order valence-electron chi connectivity index (χ1n) is 9.41. The van der Waals surface area contributed by atoms with Gasteiger partial charge in [0.2, 0.25) is 0 Å². The summed E-state index contributed by atoms with van der Waals surface area (Å²) >= 11 is 0. The molecule has 0 bridgehead atoms. The molecule has 4 nitrogen and oxygen atoms in total. The number of aliphatic hydroxyl groups excluding tert-OH is 1. The molecule has 24 heavy (non-hydrogen) atoms. The first-order chi connectivity index (χ1) is 11.1. The van der Waals surface area contributed by atoms with Crippen molar-refractivity contribution in [1.82, 2.24) is 0 Å². The van der Waals surface area contributed by atoms with E-state index in [0.717, 1.165) is 32.1 Å². The lowest BCUT2D eigenvalue weighted by atomic mass is 9.45. The van der Waals surface area contributed by atoms with Crippen LogP contribution in [0.25, 0.3) is 0 Å². The molecule has 3 aliphatic rings. The molecule has 3 aliphatic carbocycles. The quantitative estimate of drug-likeness (QED) is 0.676. The Kier molecular flexibility index (Phi) is 4.16. The van der Waals surface area contributed by atoms with Gasteiger partial charge in [-0.1, -0.05) is 38.8 Å². The van der Waals surface area contributed by atoms with Crippen LogP contribution in [0.2, 0.25) is 0 Å². The summed E-state index contributed by atoms with van der Waals surface area (Å²) in [7, 11) is 0. The van der Waals surface area contributed by atoms with Gasteiger partial charge in [-0.15, -0.1) is 0 Å². The van der Waals surface area contributed by atoms with Crippen molar-refractivity contribution in [2.24, 2.45) is 28.6 Å². The maximum absolute atomic E-state index is 12.0. The zero-order valence-corrected chi connectivity index (χ0v) is 15.4. The first kappa shape index (κ1) is 17.9. The summed E-state index contributed by atoms with van der Waals surface area (Å²) in [5.74, 6) is -0.400. The van der Waals surface area contributed by atoms with Crippen LogP contribution in [0.3, 0.4) is 0 Å². The molecule has 2 saturated carbocycles. The van der Waals surface area contributed by atoms with Gasteiger partial charge in [-0.05, 0) is 62.2 Å². The molecular weight excluding hydrogens is 304 g/mol. The Morgan fingerprint density at radius 2 is 1.96 bits per heavy atom. The predicted octanol–water partition coefficient (Wildman–Crippen LogP) is 3.37. The van der Waals surface area contributed by atoms with Gasteiger partial charge in [0.1, 0.15) is 5.60 Å². The number of hydrogen-bond acceptors (Lipinski definition) is 3.